The number of nitrogens with zero attached hydrogens (tertiary/aromatic N) is 4. The first-order valence-electron chi connectivity index (χ1n) is 24.3. The van der Waals surface area contributed by atoms with Gasteiger partial charge >= 0.3 is 0 Å². The number of allylic oxidation sites excluding steroid dienone is 4. The summed E-state index contributed by atoms with van der Waals surface area (Å²) in [4.78, 5) is 9.45. The lowest BCUT2D eigenvalue weighted by atomic mass is 10.1. The Kier molecular flexibility index (Phi) is 11.7. The molecule has 0 aromatic heterocycles. The molecule has 1 aliphatic rings. The Morgan fingerprint density at radius 3 is 0.845 bits per heavy atom. The van der Waals surface area contributed by atoms with E-state index in [1.165, 1.54) is 32.3 Å². The maximum absolute atomic E-state index is 2.42. The van der Waals surface area contributed by atoms with Gasteiger partial charge in [0.1, 0.15) is 0 Å². The average Bonchev–Trinajstić information content (AvgIpc) is 3.72. The summed E-state index contributed by atoms with van der Waals surface area (Å²) in [6, 6.07) is 94.1. The lowest BCUT2D eigenvalue weighted by Gasteiger charge is -2.32. The Bertz CT molecular complexity index is 3530. The zero-order chi connectivity index (χ0) is 47.3. The van der Waals surface area contributed by atoms with Crippen LogP contribution in [0.1, 0.15) is 0 Å². The zero-order valence-electron chi connectivity index (χ0n) is 39.2. The molecular formula is C67H50N4. The average molecular weight is 911 g/mol. The Morgan fingerprint density at radius 2 is 0.465 bits per heavy atom. The van der Waals surface area contributed by atoms with Crippen LogP contribution in [0.4, 0.5) is 62.6 Å². The summed E-state index contributed by atoms with van der Waals surface area (Å²) in [5.74, 6) is 0. The summed E-state index contributed by atoms with van der Waals surface area (Å²) < 4.78 is 0. The first kappa shape index (κ1) is 42.9. The molecule has 4 nitrogen and oxygen atoms in total. The fourth-order valence-electron chi connectivity index (χ4n) is 9.93. The number of hydrogen-bond acceptors (Lipinski definition) is 4. The van der Waals surface area contributed by atoms with E-state index in [1.54, 1.807) is 0 Å². The largest absolute Gasteiger partial charge is 0.331 e. The molecule has 12 rings (SSSR count). The van der Waals surface area contributed by atoms with E-state index in [9.17, 15) is 0 Å². The third-order valence-corrected chi connectivity index (χ3v) is 13.4. The molecule has 0 saturated heterocycles. The summed E-state index contributed by atoms with van der Waals surface area (Å²) in [5.41, 5.74) is 11.9. The summed E-state index contributed by atoms with van der Waals surface area (Å²) in [7, 11) is 0. The standard InChI is InChI=1S/C67H50N4/c1-2-6-24-56(23-5-1)69(65-32-29-50-17-11-14-20-53(50)47-65)62-41-35-59(36-42-62)68(60-37-43-63(44-38-60)70(57-25-7-3-8-26-57)66-33-30-51-18-12-15-21-54(51)48-66)61-39-45-64(46-40-61)71(58-27-9-4-10-28-58)67-34-31-52-19-13-16-22-55(52)49-67/h1-49,56H. The van der Waals surface area contributed by atoms with Crippen molar-refractivity contribution in [3.8, 4) is 0 Å². The molecule has 1 aliphatic carbocycles. The number of para-hydroxylation sites is 2. The van der Waals surface area contributed by atoms with Crippen molar-refractivity contribution < 1.29 is 0 Å². The third kappa shape index (κ3) is 8.83. The summed E-state index contributed by atoms with van der Waals surface area (Å²) in [6.07, 6.45) is 13.0. The predicted octanol–water partition coefficient (Wildman–Crippen LogP) is 18.7. The minimum absolute atomic E-state index is 0.0125. The second-order valence-electron chi connectivity index (χ2n) is 17.8. The van der Waals surface area contributed by atoms with Crippen molar-refractivity contribution in [3.05, 3.63) is 297 Å². The van der Waals surface area contributed by atoms with Crippen LogP contribution in [0.2, 0.25) is 0 Å². The molecule has 0 bridgehead atoms. The van der Waals surface area contributed by atoms with Gasteiger partial charge in [0.05, 0.1) is 6.04 Å². The summed E-state index contributed by atoms with van der Waals surface area (Å²) >= 11 is 0. The Balaban J connectivity index is 0.960. The van der Waals surface area contributed by atoms with Gasteiger partial charge in [-0.25, -0.2) is 0 Å². The highest BCUT2D eigenvalue weighted by atomic mass is 15.2. The Morgan fingerprint density at radius 1 is 0.197 bits per heavy atom. The molecule has 4 heteroatoms. The van der Waals surface area contributed by atoms with Crippen molar-refractivity contribution in [2.24, 2.45) is 0 Å². The highest BCUT2D eigenvalue weighted by Crippen LogP contribution is 2.43. The van der Waals surface area contributed by atoms with Gasteiger partial charge in [-0.1, -0.05) is 164 Å². The van der Waals surface area contributed by atoms with Crippen LogP contribution >= 0.6 is 0 Å². The minimum atomic E-state index is 0.0125. The molecule has 0 saturated carbocycles. The van der Waals surface area contributed by atoms with Gasteiger partial charge in [-0.15, -0.1) is 0 Å². The molecule has 0 amide bonds. The smallest absolute Gasteiger partial charge is 0.0712 e. The van der Waals surface area contributed by atoms with E-state index < -0.39 is 0 Å². The molecule has 0 radical (unpaired) electrons. The van der Waals surface area contributed by atoms with Gasteiger partial charge in [0.2, 0.25) is 0 Å². The molecule has 0 spiro atoms. The maximum Gasteiger partial charge on any atom is 0.0712 e. The number of fused-ring (bicyclic) bond motifs is 3. The molecule has 0 heterocycles. The number of benzene rings is 11. The van der Waals surface area contributed by atoms with Gasteiger partial charge in [-0.2, -0.15) is 0 Å². The first-order valence-corrected chi connectivity index (χ1v) is 24.3. The second-order valence-corrected chi connectivity index (χ2v) is 17.8. The molecule has 0 fully saturated rings. The SMILES string of the molecule is C1=CC=CC(N(c2ccc(N(c3ccc(N(c4ccccc4)c4ccc5ccccc5c4)cc3)c3ccc(N(c4ccccc4)c4ccc5ccccc5c4)cc3)cc2)c2ccc3ccccc3c2)C=C1. The molecule has 0 unspecified atom stereocenters. The van der Waals surface area contributed by atoms with Gasteiger partial charge in [0.15, 0.2) is 0 Å². The van der Waals surface area contributed by atoms with E-state index in [0.717, 1.165) is 62.6 Å². The van der Waals surface area contributed by atoms with Gasteiger partial charge in [0.25, 0.3) is 0 Å². The van der Waals surface area contributed by atoms with Crippen molar-refractivity contribution in [1.82, 2.24) is 0 Å². The summed E-state index contributed by atoms with van der Waals surface area (Å²) in [5, 5.41) is 7.28. The molecule has 11 aromatic rings. The van der Waals surface area contributed by atoms with Crippen LogP contribution < -0.4 is 19.6 Å². The van der Waals surface area contributed by atoms with Crippen molar-refractivity contribution in [2.75, 3.05) is 19.6 Å². The molecule has 0 N–H and O–H groups in total. The van der Waals surface area contributed by atoms with E-state index in [-0.39, 0.29) is 6.04 Å². The molecule has 11 aromatic carbocycles. The molecule has 338 valence electrons. The highest BCUT2D eigenvalue weighted by Gasteiger charge is 2.21. The van der Waals surface area contributed by atoms with Crippen LogP contribution in [0, 0.1) is 0 Å². The van der Waals surface area contributed by atoms with E-state index in [2.05, 4.69) is 317 Å². The topological polar surface area (TPSA) is 13.0 Å². The lowest BCUT2D eigenvalue weighted by molar-refractivity contribution is 0.945. The van der Waals surface area contributed by atoms with Crippen molar-refractivity contribution in [2.45, 2.75) is 6.04 Å². The lowest BCUT2D eigenvalue weighted by Crippen LogP contribution is -2.27. The van der Waals surface area contributed by atoms with E-state index in [1.807, 2.05) is 0 Å². The van der Waals surface area contributed by atoms with Crippen LogP contribution in [0.3, 0.4) is 0 Å². The fraction of sp³-hybridized carbons (Fsp3) is 0.0149. The quantitative estimate of drug-likeness (QED) is 0.121. The van der Waals surface area contributed by atoms with Crippen molar-refractivity contribution in [1.29, 1.82) is 0 Å². The van der Waals surface area contributed by atoms with Crippen molar-refractivity contribution >= 4 is 94.9 Å². The van der Waals surface area contributed by atoms with E-state index >= 15 is 0 Å². The number of rotatable bonds is 12. The normalized spacial score (nSPS) is 12.3. The number of anilines is 11. The molecular weight excluding hydrogens is 861 g/mol. The van der Waals surface area contributed by atoms with Crippen LogP contribution in [-0.4, -0.2) is 6.04 Å². The Labute approximate surface area is 415 Å². The zero-order valence-corrected chi connectivity index (χ0v) is 39.2. The second kappa shape index (κ2) is 19.3. The highest BCUT2D eigenvalue weighted by molar-refractivity contribution is 5.92. The van der Waals surface area contributed by atoms with Crippen LogP contribution in [-0.2, 0) is 0 Å². The van der Waals surface area contributed by atoms with E-state index in [0.29, 0.717) is 0 Å². The molecule has 0 aliphatic heterocycles. The van der Waals surface area contributed by atoms with Crippen LogP contribution in [0.25, 0.3) is 32.3 Å². The van der Waals surface area contributed by atoms with Crippen molar-refractivity contribution in [3.63, 3.8) is 0 Å². The van der Waals surface area contributed by atoms with Gasteiger partial charge < -0.3 is 19.6 Å². The minimum Gasteiger partial charge on any atom is -0.331 e. The molecule has 0 atom stereocenters. The fourth-order valence-corrected chi connectivity index (χ4v) is 9.93. The van der Waals surface area contributed by atoms with Gasteiger partial charge in [-0.05, 0) is 166 Å². The Hall–Kier alpha value is -9.38. The number of hydrogen-bond donors (Lipinski definition) is 0. The van der Waals surface area contributed by atoms with Crippen LogP contribution in [0.5, 0.6) is 0 Å². The van der Waals surface area contributed by atoms with Gasteiger partial charge in [-0.3, -0.25) is 0 Å². The monoisotopic (exact) mass is 910 g/mol. The summed E-state index contributed by atoms with van der Waals surface area (Å²) in [6.45, 7) is 0. The van der Waals surface area contributed by atoms with E-state index in [4.69, 9.17) is 0 Å². The van der Waals surface area contributed by atoms with Gasteiger partial charge in [0, 0.05) is 62.6 Å². The first-order chi connectivity index (χ1) is 35.2. The maximum atomic E-state index is 2.42. The van der Waals surface area contributed by atoms with Crippen LogP contribution in [0.15, 0.2) is 297 Å². The molecule has 71 heavy (non-hydrogen) atoms. The third-order valence-electron chi connectivity index (χ3n) is 13.4. The predicted molar refractivity (Wildman–Crippen MR) is 303 cm³/mol.